The first-order valence-electron chi connectivity index (χ1n) is 6.95. The first kappa shape index (κ1) is 15.8. The van der Waals surface area contributed by atoms with E-state index >= 15 is 0 Å². The lowest BCUT2D eigenvalue weighted by molar-refractivity contribution is 0.475. The lowest BCUT2D eigenvalue weighted by Gasteiger charge is -2.24. The molecule has 2 rings (SSSR count). The van der Waals surface area contributed by atoms with Gasteiger partial charge in [-0.25, -0.2) is 13.4 Å². The molecule has 21 heavy (non-hydrogen) atoms. The summed E-state index contributed by atoms with van der Waals surface area (Å²) in [5.41, 5.74) is 8.03. The average Bonchev–Trinajstić information content (AvgIpc) is 2.64. The fourth-order valence-electron chi connectivity index (χ4n) is 2.60. The van der Waals surface area contributed by atoms with Gasteiger partial charge in [-0.1, -0.05) is 20.8 Å². The van der Waals surface area contributed by atoms with Crippen LogP contribution in [0, 0.1) is 0 Å². The van der Waals surface area contributed by atoms with E-state index < -0.39 is 9.84 Å². The molecule has 1 atom stereocenters. The zero-order valence-electron chi connectivity index (χ0n) is 13.2. The summed E-state index contributed by atoms with van der Waals surface area (Å²) in [6.45, 7) is 8.12. The van der Waals surface area contributed by atoms with Crippen LogP contribution in [0.25, 0.3) is 11.0 Å². The smallest absolute Gasteiger partial charge is 0.149 e. The number of fused-ring (bicyclic) bond motifs is 1. The van der Waals surface area contributed by atoms with Crippen molar-refractivity contribution in [2.45, 2.75) is 39.2 Å². The maximum Gasteiger partial charge on any atom is 0.149 e. The average molecular weight is 309 g/mol. The van der Waals surface area contributed by atoms with Crippen LogP contribution < -0.4 is 5.73 Å². The number of anilines is 1. The van der Waals surface area contributed by atoms with Crippen LogP contribution in [0.5, 0.6) is 0 Å². The fourth-order valence-corrected chi connectivity index (χ4v) is 3.63. The van der Waals surface area contributed by atoms with Crippen molar-refractivity contribution in [1.29, 1.82) is 0 Å². The van der Waals surface area contributed by atoms with E-state index in [1.54, 1.807) is 0 Å². The van der Waals surface area contributed by atoms with Crippen LogP contribution in [0.1, 0.15) is 39.6 Å². The largest absolute Gasteiger partial charge is 0.399 e. The molecule has 0 fully saturated rings. The van der Waals surface area contributed by atoms with Gasteiger partial charge in [0.15, 0.2) is 0 Å². The van der Waals surface area contributed by atoms with Gasteiger partial charge in [0.05, 0.1) is 16.8 Å². The predicted molar refractivity (Wildman–Crippen MR) is 87.3 cm³/mol. The molecule has 0 amide bonds. The first-order valence-corrected chi connectivity index (χ1v) is 9.01. The zero-order chi connectivity index (χ0) is 16.0. The number of imidazole rings is 1. The van der Waals surface area contributed by atoms with Gasteiger partial charge in [0.2, 0.25) is 0 Å². The van der Waals surface area contributed by atoms with Gasteiger partial charge in [0.1, 0.15) is 15.7 Å². The highest BCUT2D eigenvalue weighted by molar-refractivity contribution is 7.90. The number of hydrogen-bond acceptors (Lipinski definition) is 4. The van der Waals surface area contributed by atoms with E-state index in [0.717, 1.165) is 16.9 Å². The van der Waals surface area contributed by atoms with Crippen molar-refractivity contribution in [3.63, 3.8) is 0 Å². The van der Waals surface area contributed by atoms with Gasteiger partial charge in [0, 0.05) is 23.4 Å². The lowest BCUT2D eigenvalue weighted by atomic mass is 9.95. The Bertz CT molecular complexity index is 770. The molecule has 1 aromatic carbocycles. The summed E-state index contributed by atoms with van der Waals surface area (Å²) in [7, 11) is -3.06. The summed E-state index contributed by atoms with van der Waals surface area (Å²) in [5.74, 6) is 0.964. The molecule has 0 spiro atoms. The van der Waals surface area contributed by atoms with Gasteiger partial charge in [0.25, 0.3) is 0 Å². The summed E-state index contributed by atoms with van der Waals surface area (Å²) >= 11 is 0. The number of rotatable bonds is 3. The normalized spacial score (nSPS) is 14.5. The molecule has 1 unspecified atom stereocenters. The Kier molecular flexibility index (Phi) is 3.78. The molecule has 0 bridgehead atoms. The zero-order valence-corrected chi connectivity index (χ0v) is 14.0. The summed E-state index contributed by atoms with van der Waals surface area (Å²) in [6, 6.07) is 5.38. The van der Waals surface area contributed by atoms with Crippen molar-refractivity contribution in [2.24, 2.45) is 0 Å². The van der Waals surface area contributed by atoms with Crippen molar-refractivity contribution in [1.82, 2.24) is 9.55 Å². The van der Waals surface area contributed by atoms with E-state index in [4.69, 9.17) is 5.73 Å². The van der Waals surface area contributed by atoms with Crippen molar-refractivity contribution < 1.29 is 8.42 Å². The molecule has 5 nitrogen and oxygen atoms in total. The summed E-state index contributed by atoms with van der Waals surface area (Å²) in [5, 5.41) is 0. The number of aromatic nitrogens is 2. The van der Waals surface area contributed by atoms with Crippen molar-refractivity contribution in [3.05, 3.63) is 24.0 Å². The molecule has 0 radical (unpaired) electrons. The minimum atomic E-state index is -3.06. The topological polar surface area (TPSA) is 78.0 Å². The second-order valence-electron chi connectivity index (χ2n) is 6.75. The van der Waals surface area contributed by atoms with Gasteiger partial charge < -0.3 is 10.3 Å². The Morgan fingerprint density at radius 2 is 1.95 bits per heavy atom. The molecule has 2 aromatic rings. The molecule has 1 heterocycles. The number of sulfone groups is 1. The molecule has 0 saturated carbocycles. The van der Waals surface area contributed by atoms with Gasteiger partial charge in [-0.2, -0.15) is 0 Å². The molecule has 0 saturated heterocycles. The van der Waals surface area contributed by atoms with E-state index in [2.05, 4.69) is 25.8 Å². The molecular weight excluding hydrogens is 286 g/mol. The van der Waals surface area contributed by atoms with Crippen molar-refractivity contribution in [2.75, 3.05) is 17.7 Å². The lowest BCUT2D eigenvalue weighted by Crippen LogP contribution is -2.24. The molecule has 0 aliphatic heterocycles. The second-order valence-corrected chi connectivity index (χ2v) is 8.93. The van der Waals surface area contributed by atoms with E-state index in [9.17, 15) is 8.42 Å². The van der Waals surface area contributed by atoms with E-state index in [1.165, 1.54) is 6.26 Å². The molecule has 116 valence electrons. The highest BCUT2D eigenvalue weighted by Gasteiger charge is 2.26. The second kappa shape index (κ2) is 5.02. The number of nitrogen functional groups attached to an aromatic ring is 1. The summed E-state index contributed by atoms with van der Waals surface area (Å²) < 4.78 is 25.3. The third kappa shape index (κ3) is 3.37. The minimum Gasteiger partial charge on any atom is -0.399 e. The predicted octanol–water partition coefficient (Wildman–Crippen LogP) is 2.52. The highest BCUT2D eigenvalue weighted by Crippen LogP contribution is 2.30. The Balaban J connectivity index is 2.69. The van der Waals surface area contributed by atoms with E-state index in [0.29, 0.717) is 5.69 Å². The first-order chi connectivity index (χ1) is 9.49. The van der Waals surface area contributed by atoms with Gasteiger partial charge in [-0.15, -0.1) is 0 Å². The van der Waals surface area contributed by atoms with Crippen LogP contribution in [0.2, 0.25) is 0 Å². The maximum atomic E-state index is 11.6. The molecular formula is C15H23N3O2S. The summed E-state index contributed by atoms with van der Waals surface area (Å²) in [4.78, 5) is 4.68. The monoisotopic (exact) mass is 309 g/mol. The van der Waals surface area contributed by atoms with Crippen LogP contribution in [0.3, 0.4) is 0 Å². The van der Waals surface area contributed by atoms with Gasteiger partial charge >= 0.3 is 0 Å². The highest BCUT2D eigenvalue weighted by atomic mass is 32.2. The van der Waals surface area contributed by atoms with Crippen LogP contribution in [0.15, 0.2) is 18.2 Å². The van der Waals surface area contributed by atoms with Crippen LogP contribution in [-0.2, 0) is 15.3 Å². The Morgan fingerprint density at radius 3 is 2.48 bits per heavy atom. The van der Waals surface area contributed by atoms with Crippen molar-refractivity contribution >= 4 is 26.6 Å². The van der Waals surface area contributed by atoms with E-state index in [-0.39, 0.29) is 17.2 Å². The quantitative estimate of drug-likeness (QED) is 0.884. The number of nitrogens with zero attached hydrogens (tertiary/aromatic N) is 2. The fraction of sp³-hybridized carbons (Fsp3) is 0.533. The van der Waals surface area contributed by atoms with Gasteiger partial charge in [-0.05, 0) is 25.1 Å². The molecule has 6 heteroatoms. The van der Waals surface area contributed by atoms with Crippen LogP contribution >= 0.6 is 0 Å². The summed E-state index contributed by atoms with van der Waals surface area (Å²) in [6.07, 6.45) is 1.26. The third-order valence-electron chi connectivity index (χ3n) is 3.37. The minimum absolute atomic E-state index is 0.0892. The number of nitrogens with two attached hydrogens (primary N) is 1. The third-order valence-corrected chi connectivity index (χ3v) is 4.46. The Labute approximate surface area is 126 Å². The van der Waals surface area contributed by atoms with Crippen LogP contribution in [0.4, 0.5) is 5.69 Å². The maximum absolute atomic E-state index is 11.6. The molecule has 1 aromatic heterocycles. The molecule has 0 aliphatic carbocycles. The SMILES string of the molecule is CC(CS(C)(=O)=O)n1c(C(C)(C)C)nc2cc(N)ccc21. The Hall–Kier alpha value is -1.56. The Morgan fingerprint density at radius 1 is 1.33 bits per heavy atom. The van der Waals surface area contributed by atoms with Crippen LogP contribution in [-0.4, -0.2) is 30.0 Å². The van der Waals surface area contributed by atoms with Gasteiger partial charge in [-0.3, -0.25) is 0 Å². The van der Waals surface area contributed by atoms with E-state index in [1.807, 2.05) is 29.7 Å². The molecule has 0 aliphatic rings. The number of hydrogen-bond donors (Lipinski definition) is 1. The molecule has 2 N–H and O–H groups in total. The number of benzene rings is 1. The van der Waals surface area contributed by atoms with Crippen molar-refractivity contribution in [3.8, 4) is 0 Å². The standard InChI is InChI=1S/C15H23N3O2S/c1-10(9-21(5,19)20)18-13-7-6-11(16)8-12(13)17-14(18)15(2,3)4/h6-8,10H,9,16H2,1-5H3.